The number of nitrogens with zero attached hydrogens (tertiary/aromatic N) is 1. The highest BCUT2D eigenvalue weighted by Gasteiger charge is 2.27. The molecule has 4 nitrogen and oxygen atoms in total. The maximum atomic E-state index is 11.7. The summed E-state index contributed by atoms with van der Waals surface area (Å²) in [6.45, 7) is 0. The smallest absolute Gasteiger partial charge is 0.382 e. The molecule has 0 saturated heterocycles. The first-order valence-electron chi connectivity index (χ1n) is 6.50. The molecule has 0 fully saturated rings. The zero-order valence-corrected chi connectivity index (χ0v) is 14.6. The summed E-state index contributed by atoms with van der Waals surface area (Å²) < 4.78 is 22.2. The first-order valence-corrected chi connectivity index (χ1v) is 9.94. The zero-order chi connectivity index (χ0) is 16.2. The van der Waals surface area contributed by atoms with Gasteiger partial charge in [-0.1, -0.05) is 30.3 Å². The van der Waals surface area contributed by atoms with E-state index in [2.05, 4.69) is 0 Å². The van der Waals surface area contributed by atoms with Crippen LogP contribution in [0.2, 0.25) is 0 Å². The van der Waals surface area contributed by atoms with Crippen molar-refractivity contribution in [3.8, 4) is 5.75 Å². The summed E-state index contributed by atoms with van der Waals surface area (Å²) >= 11 is 11.2. The van der Waals surface area contributed by atoms with Gasteiger partial charge in [-0.15, -0.1) is 0 Å². The lowest BCUT2D eigenvalue weighted by atomic mass is 10.1. The molecule has 118 valence electrons. The van der Waals surface area contributed by atoms with Gasteiger partial charge in [0.25, 0.3) is 0 Å². The largest absolute Gasteiger partial charge is 0.497 e. The third-order valence-electron chi connectivity index (χ3n) is 3.14. The maximum Gasteiger partial charge on any atom is 0.382 e. The molecule has 0 radical (unpaired) electrons. The molecule has 0 aliphatic carbocycles. The van der Waals surface area contributed by atoms with Gasteiger partial charge >= 0.3 is 6.07 Å². The predicted molar refractivity (Wildman–Crippen MR) is 91.0 cm³/mol. The van der Waals surface area contributed by atoms with Gasteiger partial charge in [-0.3, -0.25) is 9.09 Å². The van der Waals surface area contributed by atoms with Crippen molar-refractivity contribution in [2.24, 2.45) is 0 Å². The highest BCUT2D eigenvalue weighted by molar-refractivity contribution is 8.05. The van der Waals surface area contributed by atoms with Gasteiger partial charge in [0.05, 0.1) is 7.11 Å². The molecule has 2 aromatic rings. The summed E-state index contributed by atoms with van der Waals surface area (Å²) in [4.78, 5) is 1.80. The number of methoxy groups -OCH3 is 1. The number of hydrogen-bond acceptors (Lipinski definition) is 4. The van der Waals surface area contributed by atoms with E-state index < -0.39 is 12.3 Å². The number of para-hydroxylation sites is 1. The van der Waals surface area contributed by atoms with Crippen LogP contribution >= 0.6 is 28.6 Å². The summed E-state index contributed by atoms with van der Waals surface area (Å²) in [6.07, 6.45) is -4.39. The molecule has 2 aromatic carbocycles. The van der Waals surface area contributed by atoms with E-state index in [0.29, 0.717) is 5.75 Å². The summed E-state index contributed by atoms with van der Waals surface area (Å²) in [5.41, 5.74) is 1.64. The number of ether oxygens (including phenoxy) is 1. The summed E-state index contributed by atoms with van der Waals surface area (Å²) in [6, 6.07) is 16.7. The molecule has 0 bridgehead atoms. The Balaban J connectivity index is 2.35. The van der Waals surface area contributed by atoms with Gasteiger partial charge in [0.1, 0.15) is 5.75 Å². The predicted octanol–water partition coefficient (Wildman–Crippen LogP) is 5.43. The Morgan fingerprint density at radius 2 is 1.64 bits per heavy atom. The van der Waals surface area contributed by atoms with E-state index in [4.69, 9.17) is 31.7 Å². The van der Waals surface area contributed by atoms with E-state index >= 15 is 0 Å². The Hall–Kier alpha value is -1.19. The lowest BCUT2D eigenvalue weighted by Crippen LogP contribution is -2.25. The average molecular weight is 360 g/mol. The fraction of sp³-hybridized carbons (Fsp3) is 0.200. The molecule has 0 N–H and O–H groups in total. The Bertz CT molecular complexity index is 646. The molecule has 0 amide bonds. The minimum atomic E-state index is -3.71. The number of rotatable bonds is 6. The number of anilines is 1. The zero-order valence-electron chi connectivity index (χ0n) is 12.1. The molecule has 1 atom stereocenters. The van der Waals surface area contributed by atoms with Crippen molar-refractivity contribution in [1.29, 1.82) is 0 Å². The van der Waals surface area contributed by atoms with Crippen molar-refractivity contribution in [2.75, 3.05) is 19.1 Å². The number of halogens is 2. The average Bonchev–Trinajstić information content (AvgIpc) is 2.52. The minimum absolute atomic E-state index is 0.686. The van der Waals surface area contributed by atoms with Gasteiger partial charge in [0.15, 0.2) is 6.23 Å². The molecule has 7 heteroatoms. The number of hydrogen-bond donors (Lipinski definition) is 0. The van der Waals surface area contributed by atoms with E-state index in [1.807, 2.05) is 49.5 Å². The van der Waals surface area contributed by atoms with Gasteiger partial charge in [0.2, 0.25) is 0 Å². The first kappa shape index (κ1) is 17.2. The molecular formula is C15H16Cl2NO3P. The lowest BCUT2D eigenvalue weighted by Gasteiger charge is -2.30. The van der Waals surface area contributed by atoms with Gasteiger partial charge in [-0.05, 0) is 46.7 Å². The number of benzene rings is 2. The Labute approximate surface area is 139 Å². The van der Waals surface area contributed by atoms with E-state index in [1.54, 1.807) is 24.1 Å². The third-order valence-corrected chi connectivity index (χ3v) is 4.06. The van der Waals surface area contributed by atoms with Crippen molar-refractivity contribution in [3.05, 3.63) is 60.2 Å². The van der Waals surface area contributed by atoms with Gasteiger partial charge in [0, 0.05) is 18.3 Å². The monoisotopic (exact) mass is 359 g/mol. The van der Waals surface area contributed by atoms with Crippen LogP contribution in [0.3, 0.4) is 0 Å². The van der Waals surface area contributed by atoms with E-state index in [-0.39, 0.29) is 0 Å². The first-order chi connectivity index (χ1) is 10.4. The second-order valence-corrected chi connectivity index (χ2v) is 8.82. The van der Waals surface area contributed by atoms with Crippen LogP contribution in [0, 0.1) is 0 Å². The second-order valence-electron chi connectivity index (χ2n) is 4.59. The van der Waals surface area contributed by atoms with Crippen LogP contribution in [0.5, 0.6) is 5.75 Å². The molecule has 0 aliphatic heterocycles. The quantitative estimate of drug-likeness (QED) is 0.508. The van der Waals surface area contributed by atoms with Crippen LogP contribution in [-0.4, -0.2) is 14.2 Å². The summed E-state index contributed by atoms with van der Waals surface area (Å²) in [7, 11) is 3.40. The Morgan fingerprint density at radius 3 is 2.14 bits per heavy atom. The Morgan fingerprint density at radius 1 is 1.05 bits per heavy atom. The molecule has 0 aliphatic rings. The van der Waals surface area contributed by atoms with Crippen LogP contribution in [0.1, 0.15) is 11.8 Å². The van der Waals surface area contributed by atoms with E-state index in [0.717, 1.165) is 11.3 Å². The van der Waals surface area contributed by atoms with Crippen molar-refractivity contribution < 1.29 is 13.8 Å². The highest BCUT2D eigenvalue weighted by atomic mass is 35.9. The Kier molecular flexibility index (Phi) is 5.76. The SMILES string of the molecule is COc1ccc(C(OP(=O)(Cl)Cl)N(C)c2ccccc2)cc1. The second kappa shape index (κ2) is 7.38. The van der Waals surface area contributed by atoms with Crippen LogP contribution in [-0.2, 0) is 9.09 Å². The van der Waals surface area contributed by atoms with Gasteiger partial charge in [-0.2, -0.15) is 0 Å². The molecule has 0 aromatic heterocycles. The maximum absolute atomic E-state index is 11.7. The minimum Gasteiger partial charge on any atom is -0.497 e. The van der Waals surface area contributed by atoms with Gasteiger partial charge in [-0.25, -0.2) is 0 Å². The normalized spacial score (nSPS) is 12.7. The standard InChI is InChI=1S/C15H16Cl2NO3P/c1-18(13-6-4-3-5-7-13)15(21-22(16,17)19)12-8-10-14(20-2)11-9-12/h3-11,15H,1-2H3. The summed E-state index contributed by atoms with van der Waals surface area (Å²) in [5.74, 6) is 0.713. The molecule has 2 rings (SSSR count). The van der Waals surface area contributed by atoms with Crippen molar-refractivity contribution >= 4 is 34.2 Å². The topological polar surface area (TPSA) is 38.8 Å². The molecule has 0 spiro atoms. The van der Waals surface area contributed by atoms with E-state index in [9.17, 15) is 4.57 Å². The van der Waals surface area contributed by atoms with Crippen molar-refractivity contribution in [3.63, 3.8) is 0 Å². The van der Waals surface area contributed by atoms with E-state index in [1.165, 1.54) is 0 Å². The third kappa shape index (κ3) is 4.65. The molecule has 1 unspecified atom stereocenters. The highest BCUT2D eigenvalue weighted by Crippen LogP contribution is 2.60. The van der Waals surface area contributed by atoms with Gasteiger partial charge < -0.3 is 9.64 Å². The molecule has 0 saturated carbocycles. The van der Waals surface area contributed by atoms with Crippen molar-refractivity contribution in [2.45, 2.75) is 6.23 Å². The molecule has 0 heterocycles. The van der Waals surface area contributed by atoms with Crippen LogP contribution in [0.4, 0.5) is 5.69 Å². The van der Waals surface area contributed by atoms with Crippen molar-refractivity contribution in [1.82, 2.24) is 0 Å². The van der Waals surface area contributed by atoms with Crippen LogP contribution < -0.4 is 9.64 Å². The lowest BCUT2D eigenvalue weighted by molar-refractivity contribution is 0.222. The summed E-state index contributed by atoms with van der Waals surface area (Å²) in [5, 5.41) is 0. The van der Waals surface area contributed by atoms with Crippen LogP contribution in [0.25, 0.3) is 0 Å². The van der Waals surface area contributed by atoms with Crippen LogP contribution in [0.15, 0.2) is 54.6 Å². The molecular weight excluding hydrogens is 344 g/mol. The fourth-order valence-corrected chi connectivity index (χ4v) is 2.99. The fourth-order valence-electron chi connectivity index (χ4n) is 2.04. The molecule has 22 heavy (non-hydrogen) atoms.